The molecule has 0 unspecified atom stereocenters. The number of hydrogen-bond donors (Lipinski definition) is 1. The maximum atomic E-state index is 12.9. The maximum absolute atomic E-state index is 12.9. The number of rotatable bonds is 4. The Morgan fingerprint density at radius 3 is 2.57 bits per heavy atom. The number of carbonyl (C=O) groups excluding carboxylic acids is 1. The molecule has 21 heavy (non-hydrogen) atoms. The number of aromatic nitrogens is 1. The molecule has 2 aliphatic rings. The maximum Gasteiger partial charge on any atom is 0.270 e. The van der Waals surface area contributed by atoms with Gasteiger partial charge in [-0.25, -0.2) is 0 Å². The van der Waals surface area contributed by atoms with Crippen molar-refractivity contribution in [2.75, 3.05) is 6.54 Å². The van der Waals surface area contributed by atoms with Gasteiger partial charge < -0.3 is 15.2 Å². The molecule has 2 N–H and O–H groups in total. The van der Waals surface area contributed by atoms with Gasteiger partial charge >= 0.3 is 0 Å². The van der Waals surface area contributed by atoms with Crippen LogP contribution in [0.1, 0.15) is 62.0 Å². The second-order valence-electron chi connectivity index (χ2n) is 6.34. The largest absolute Gasteiger partial charge is 0.339 e. The van der Waals surface area contributed by atoms with Crippen molar-refractivity contribution in [2.24, 2.45) is 5.73 Å². The Morgan fingerprint density at radius 2 is 2.00 bits per heavy atom. The van der Waals surface area contributed by atoms with Crippen LogP contribution in [-0.2, 0) is 0 Å². The van der Waals surface area contributed by atoms with Crippen molar-refractivity contribution in [3.8, 4) is 0 Å². The quantitative estimate of drug-likeness (QED) is 0.928. The molecule has 4 nitrogen and oxygen atoms in total. The molecule has 116 valence electrons. The van der Waals surface area contributed by atoms with E-state index in [9.17, 15) is 4.79 Å². The molecule has 1 amide bonds. The van der Waals surface area contributed by atoms with E-state index in [-0.39, 0.29) is 5.91 Å². The number of amides is 1. The van der Waals surface area contributed by atoms with Crippen molar-refractivity contribution < 1.29 is 4.79 Å². The molecule has 1 heterocycles. The third-order valence-electron chi connectivity index (χ3n) is 4.76. The lowest BCUT2D eigenvalue weighted by molar-refractivity contribution is 0.0629. The minimum absolute atomic E-state index is 0.122. The summed E-state index contributed by atoms with van der Waals surface area (Å²) in [6, 6.07) is 2.91. The van der Waals surface area contributed by atoms with E-state index in [1.807, 2.05) is 17.2 Å². The number of halogens is 1. The van der Waals surface area contributed by atoms with Gasteiger partial charge in [-0.15, -0.1) is 0 Å². The van der Waals surface area contributed by atoms with Gasteiger partial charge in [0.1, 0.15) is 5.69 Å². The highest BCUT2D eigenvalue weighted by Gasteiger charge is 2.32. The number of nitrogens with two attached hydrogens (primary N) is 1. The third kappa shape index (κ3) is 3.11. The molecule has 0 atom stereocenters. The van der Waals surface area contributed by atoms with E-state index in [4.69, 9.17) is 17.3 Å². The molecule has 0 aliphatic heterocycles. The highest BCUT2D eigenvalue weighted by Crippen LogP contribution is 2.38. The molecular weight excluding hydrogens is 286 g/mol. The summed E-state index contributed by atoms with van der Waals surface area (Å²) >= 11 is 6.13. The van der Waals surface area contributed by atoms with E-state index in [0.29, 0.717) is 23.1 Å². The van der Waals surface area contributed by atoms with E-state index in [0.717, 1.165) is 50.8 Å². The van der Waals surface area contributed by atoms with Gasteiger partial charge in [0.25, 0.3) is 5.91 Å². The SMILES string of the molecule is CCN(C(=O)c1cc(Cl)cn1C1CC1)C1CCC(N)CC1. The van der Waals surface area contributed by atoms with E-state index in [1.54, 1.807) is 0 Å². The van der Waals surface area contributed by atoms with Gasteiger partial charge in [-0.05, 0) is 51.5 Å². The minimum Gasteiger partial charge on any atom is -0.339 e. The zero-order valence-electron chi connectivity index (χ0n) is 12.6. The molecule has 3 rings (SSSR count). The van der Waals surface area contributed by atoms with Crippen molar-refractivity contribution in [1.29, 1.82) is 0 Å². The normalized spacial score (nSPS) is 25.9. The lowest BCUT2D eigenvalue weighted by atomic mass is 9.90. The highest BCUT2D eigenvalue weighted by molar-refractivity contribution is 6.31. The molecule has 2 aliphatic carbocycles. The number of carbonyl (C=O) groups is 1. The molecule has 0 spiro atoms. The second-order valence-corrected chi connectivity index (χ2v) is 6.78. The topological polar surface area (TPSA) is 51.3 Å². The molecule has 5 heteroatoms. The Morgan fingerprint density at radius 1 is 1.33 bits per heavy atom. The van der Waals surface area contributed by atoms with E-state index in [2.05, 4.69) is 11.5 Å². The Bertz CT molecular complexity index is 516. The first-order valence-electron chi connectivity index (χ1n) is 8.04. The lowest BCUT2D eigenvalue weighted by Gasteiger charge is -2.35. The Kier molecular flexibility index (Phi) is 4.27. The summed E-state index contributed by atoms with van der Waals surface area (Å²) in [5.74, 6) is 0.122. The summed E-state index contributed by atoms with van der Waals surface area (Å²) in [6.45, 7) is 2.80. The van der Waals surface area contributed by atoms with Crippen molar-refractivity contribution in [3.05, 3.63) is 23.0 Å². The summed E-state index contributed by atoms with van der Waals surface area (Å²) in [5.41, 5.74) is 6.73. The molecule has 2 saturated carbocycles. The Hall–Kier alpha value is -1.00. The molecule has 1 aromatic rings. The molecule has 0 radical (unpaired) electrons. The minimum atomic E-state index is 0.122. The van der Waals surface area contributed by atoms with Crippen LogP contribution in [0.25, 0.3) is 0 Å². The number of hydrogen-bond acceptors (Lipinski definition) is 2. The van der Waals surface area contributed by atoms with Crippen LogP contribution in [0, 0.1) is 0 Å². The number of nitrogens with zero attached hydrogens (tertiary/aromatic N) is 2. The smallest absolute Gasteiger partial charge is 0.270 e. The van der Waals surface area contributed by atoms with Crippen LogP contribution in [0.3, 0.4) is 0 Å². The van der Waals surface area contributed by atoms with Crippen LogP contribution in [0.5, 0.6) is 0 Å². The highest BCUT2D eigenvalue weighted by atomic mass is 35.5. The van der Waals surface area contributed by atoms with E-state index >= 15 is 0 Å². The van der Waals surface area contributed by atoms with Crippen LogP contribution < -0.4 is 5.73 Å². The van der Waals surface area contributed by atoms with Crippen LogP contribution in [-0.4, -0.2) is 34.0 Å². The zero-order valence-corrected chi connectivity index (χ0v) is 13.4. The lowest BCUT2D eigenvalue weighted by Crippen LogP contribution is -2.44. The van der Waals surface area contributed by atoms with Gasteiger partial charge in [0, 0.05) is 30.9 Å². The fourth-order valence-electron chi connectivity index (χ4n) is 3.40. The molecule has 2 fully saturated rings. The first-order chi connectivity index (χ1) is 10.1. The molecular formula is C16H24ClN3O. The Labute approximate surface area is 131 Å². The predicted molar refractivity (Wildman–Crippen MR) is 84.7 cm³/mol. The first-order valence-corrected chi connectivity index (χ1v) is 8.42. The summed E-state index contributed by atoms with van der Waals surface area (Å²) in [6.07, 6.45) is 8.25. The molecule has 0 bridgehead atoms. The van der Waals surface area contributed by atoms with Crippen LogP contribution in [0.15, 0.2) is 12.3 Å². The van der Waals surface area contributed by atoms with Crippen LogP contribution in [0.2, 0.25) is 5.02 Å². The zero-order chi connectivity index (χ0) is 15.0. The third-order valence-corrected chi connectivity index (χ3v) is 4.96. The average molecular weight is 310 g/mol. The van der Waals surface area contributed by atoms with Crippen molar-refractivity contribution in [3.63, 3.8) is 0 Å². The Balaban J connectivity index is 1.79. The monoisotopic (exact) mass is 309 g/mol. The van der Waals surface area contributed by atoms with E-state index < -0.39 is 0 Å². The van der Waals surface area contributed by atoms with Gasteiger partial charge in [0.2, 0.25) is 0 Å². The van der Waals surface area contributed by atoms with Crippen LogP contribution >= 0.6 is 11.6 Å². The summed E-state index contributed by atoms with van der Waals surface area (Å²) in [4.78, 5) is 14.9. The van der Waals surface area contributed by atoms with E-state index in [1.165, 1.54) is 0 Å². The van der Waals surface area contributed by atoms with Crippen LogP contribution in [0.4, 0.5) is 0 Å². The summed E-state index contributed by atoms with van der Waals surface area (Å²) in [7, 11) is 0. The van der Waals surface area contributed by atoms with Crippen molar-refractivity contribution in [2.45, 2.75) is 63.6 Å². The molecule has 0 saturated heterocycles. The second kappa shape index (κ2) is 6.01. The van der Waals surface area contributed by atoms with Gasteiger partial charge in [-0.3, -0.25) is 4.79 Å². The standard InChI is InChI=1S/C16H24ClN3O/c1-2-19(13-5-3-12(18)4-6-13)16(21)15-9-11(17)10-20(15)14-7-8-14/h9-10,12-14H,2-8,18H2,1H3. The summed E-state index contributed by atoms with van der Waals surface area (Å²) < 4.78 is 2.07. The van der Waals surface area contributed by atoms with Crippen molar-refractivity contribution >= 4 is 17.5 Å². The van der Waals surface area contributed by atoms with Crippen molar-refractivity contribution in [1.82, 2.24) is 9.47 Å². The van der Waals surface area contributed by atoms with Gasteiger partial charge in [0.05, 0.1) is 5.02 Å². The molecule has 0 aromatic carbocycles. The fraction of sp³-hybridized carbons (Fsp3) is 0.688. The molecule has 1 aromatic heterocycles. The van der Waals surface area contributed by atoms with Gasteiger partial charge in [-0.1, -0.05) is 11.6 Å². The fourth-order valence-corrected chi connectivity index (χ4v) is 3.61. The first kappa shape index (κ1) is 14.9. The van der Waals surface area contributed by atoms with Gasteiger partial charge in [0.15, 0.2) is 0 Å². The average Bonchev–Trinajstić information content (AvgIpc) is 3.24. The summed E-state index contributed by atoms with van der Waals surface area (Å²) in [5, 5.41) is 0.659. The predicted octanol–water partition coefficient (Wildman–Crippen LogP) is 3.21. The van der Waals surface area contributed by atoms with Gasteiger partial charge in [-0.2, -0.15) is 0 Å².